The topological polar surface area (TPSA) is 47.6 Å². The molecule has 100 valence electrons. The molecule has 0 fully saturated rings. The number of hydrogen-bond donors (Lipinski definition) is 1. The highest BCUT2D eigenvalue weighted by atomic mass is 31.2. The van der Waals surface area contributed by atoms with Crippen LogP contribution in [0, 0.1) is 0 Å². The molecule has 0 aliphatic rings. The summed E-state index contributed by atoms with van der Waals surface area (Å²) in [6.45, 7) is 5.51. The monoisotopic (exact) mass is 269 g/mol. The molecular weight excluding hydrogens is 249 g/mol. The fourth-order valence-electron chi connectivity index (χ4n) is 1.56. The molecule has 1 N–H and O–H groups in total. The molecule has 1 rings (SSSR count). The maximum atomic E-state index is 12.9. The molecule has 1 atom stereocenters. The van der Waals surface area contributed by atoms with Gasteiger partial charge in [0.2, 0.25) is 0 Å². The van der Waals surface area contributed by atoms with Gasteiger partial charge in [0, 0.05) is 16.8 Å². The SMILES string of the molecule is CONC(C)=CP(=O)(OC(C)C)c1ccccc1. The molecule has 0 radical (unpaired) electrons. The van der Waals surface area contributed by atoms with Crippen LogP contribution in [0.1, 0.15) is 20.8 Å². The third kappa shape index (κ3) is 4.30. The summed E-state index contributed by atoms with van der Waals surface area (Å²) >= 11 is 0. The van der Waals surface area contributed by atoms with E-state index in [2.05, 4.69) is 5.48 Å². The van der Waals surface area contributed by atoms with Gasteiger partial charge in [0.05, 0.1) is 13.2 Å². The normalized spacial score (nSPS) is 15.5. The first kappa shape index (κ1) is 15.0. The Morgan fingerprint density at radius 1 is 1.33 bits per heavy atom. The van der Waals surface area contributed by atoms with E-state index in [1.54, 1.807) is 24.9 Å². The Morgan fingerprint density at radius 3 is 2.44 bits per heavy atom. The fourth-order valence-corrected chi connectivity index (χ4v) is 3.67. The summed E-state index contributed by atoms with van der Waals surface area (Å²) in [5.41, 5.74) is 3.31. The quantitative estimate of drug-likeness (QED) is 0.637. The largest absolute Gasteiger partial charge is 0.320 e. The standard InChI is InChI=1S/C13H20NO3P/c1-11(2)17-18(15,10-12(3)14-16-4)13-8-6-5-7-9-13/h5-11,14H,1-4H3. The van der Waals surface area contributed by atoms with Crippen molar-refractivity contribution >= 4 is 12.7 Å². The molecule has 1 aromatic carbocycles. The minimum atomic E-state index is -3.02. The van der Waals surface area contributed by atoms with Crippen molar-refractivity contribution in [3.63, 3.8) is 0 Å². The molecule has 0 heterocycles. The second-order valence-electron chi connectivity index (χ2n) is 4.21. The Morgan fingerprint density at radius 2 is 1.94 bits per heavy atom. The first-order valence-corrected chi connectivity index (χ1v) is 7.49. The molecule has 0 saturated carbocycles. The van der Waals surface area contributed by atoms with Crippen molar-refractivity contribution in [1.82, 2.24) is 5.48 Å². The van der Waals surface area contributed by atoms with Crippen LogP contribution in [0.3, 0.4) is 0 Å². The van der Waals surface area contributed by atoms with Gasteiger partial charge in [-0.05, 0) is 32.9 Å². The van der Waals surface area contributed by atoms with Crippen molar-refractivity contribution in [2.75, 3.05) is 7.11 Å². The van der Waals surface area contributed by atoms with Gasteiger partial charge in [-0.2, -0.15) is 0 Å². The van der Waals surface area contributed by atoms with E-state index >= 15 is 0 Å². The summed E-state index contributed by atoms with van der Waals surface area (Å²) < 4.78 is 18.5. The van der Waals surface area contributed by atoms with Crippen molar-refractivity contribution in [2.24, 2.45) is 0 Å². The molecule has 0 aliphatic heterocycles. The lowest BCUT2D eigenvalue weighted by atomic mass is 10.4. The van der Waals surface area contributed by atoms with Crippen molar-refractivity contribution in [3.8, 4) is 0 Å². The summed E-state index contributed by atoms with van der Waals surface area (Å²) in [6.07, 6.45) is -0.123. The Hall–Kier alpha value is -1.09. The van der Waals surface area contributed by atoms with Gasteiger partial charge in [-0.3, -0.25) is 14.9 Å². The van der Waals surface area contributed by atoms with Crippen LogP contribution in [-0.4, -0.2) is 13.2 Å². The second-order valence-corrected chi connectivity index (χ2v) is 6.38. The molecule has 5 heteroatoms. The van der Waals surface area contributed by atoms with E-state index in [0.717, 1.165) is 0 Å². The smallest absolute Gasteiger partial charge is 0.256 e. The van der Waals surface area contributed by atoms with E-state index in [-0.39, 0.29) is 6.10 Å². The summed E-state index contributed by atoms with van der Waals surface area (Å²) in [6, 6.07) is 9.18. The Kier molecular flexibility index (Phi) is 5.60. The first-order chi connectivity index (χ1) is 8.48. The van der Waals surface area contributed by atoms with Crippen LogP contribution < -0.4 is 10.8 Å². The highest BCUT2D eigenvalue weighted by Crippen LogP contribution is 2.49. The van der Waals surface area contributed by atoms with Gasteiger partial charge < -0.3 is 4.52 Å². The second kappa shape index (κ2) is 6.74. The zero-order valence-corrected chi connectivity index (χ0v) is 12.1. The molecule has 0 amide bonds. The zero-order valence-electron chi connectivity index (χ0n) is 11.2. The Balaban J connectivity index is 3.11. The lowest BCUT2D eigenvalue weighted by Crippen LogP contribution is -2.13. The van der Waals surface area contributed by atoms with Gasteiger partial charge in [-0.15, -0.1) is 0 Å². The molecule has 0 spiro atoms. The molecule has 4 nitrogen and oxygen atoms in total. The van der Waals surface area contributed by atoms with Crippen molar-refractivity contribution in [2.45, 2.75) is 26.9 Å². The summed E-state index contributed by atoms with van der Waals surface area (Å²) in [5, 5.41) is 0.677. The van der Waals surface area contributed by atoms with Crippen molar-refractivity contribution < 1.29 is 13.9 Å². The average molecular weight is 269 g/mol. The predicted octanol–water partition coefficient (Wildman–Crippen LogP) is 3.03. The maximum absolute atomic E-state index is 12.9. The summed E-state index contributed by atoms with van der Waals surface area (Å²) in [7, 11) is -1.51. The van der Waals surface area contributed by atoms with Gasteiger partial charge in [-0.1, -0.05) is 18.2 Å². The van der Waals surface area contributed by atoms with Gasteiger partial charge in [-0.25, -0.2) is 0 Å². The average Bonchev–Trinajstić information content (AvgIpc) is 2.29. The first-order valence-electron chi connectivity index (χ1n) is 5.80. The molecule has 1 aromatic rings. The summed E-state index contributed by atoms with van der Waals surface area (Å²) in [4.78, 5) is 4.80. The number of benzene rings is 1. The third-order valence-electron chi connectivity index (χ3n) is 2.11. The molecule has 1 unspecified atom stereocenters. The van der Waals surface area contributed by atoms with Gasteiger partial charge in [0.1, 0.15) is 0 Å². The van der Waals surface area contributed by atoms with E-state index in [9.17, 15) is 4.57 Å². The van der Waals surface area contributed by atoms with Crippen molar-refractivity contribution in [3.05, 3.63) is 41.8 Å². The highest BCUT2D eigenvalue weighted by Gasteiger charge is 2.24. The van der Waals surface area contributed by atoms with Crippen LogP contribution in [0.15, 0.2) is 41.8 Å². The molecule has 0 aliphatic carbocycles. The molecular formula is C13H20NO3P. The van der Waals surface area contributed by atoms with Gasteiger partial charge in [0.25, 0.3) is 7.37 Å². The summed E-state index contributed by atoms with van der Waals surface area (Å²) in [5.74, 6) is 1.59. The molecule has 18 heavy (non-hydrogen) atoms. The Bertz CT molecular complexity index is 443. The van der Waals surface area contributed by atoms with Crippen LogP contribution in [-0.2, 0) is 13.9 Å². The van der Waals surface area contributed by atoms with Crippen molar-refractivity contribution in [1.29, 1.82) is 0 Å². The third-order valence-corrected chi connectivity index (χ3v) is 4.59. The fraction of sp³-hybridized carbons (Fsp3) is 0.385. The van der Waals surface area contributed by atoms with E-state index in [1.165, 1.54) is 7.11 Å². The lowest BCUT2D eigenvalue weighted by Gasteiger charge is -2.19. The van der Waals surface area contributed by atoms with Crippen LogP contribution >= 0.6 is 7.37 Å². The number of hydroxylamine groups is 1. The predicted molar refractivity (Wildman–Crippen MR) is 73.8 cm³/mol. The Labute approximate surface area is 108 Å². The molecule has 0 bridgehead atoms. The van der Waals surface area contributed by atoms with Gasteiger partial charge in [0.15, 0.2) is 0 Å². The van der Waals surface area contributed by atoms with Crippen LogP contribution in [0.25, 0.3) is 0 Å². The van der Waals surface area contributed by atoms with Crippen LogP contribution in [0.4, 0.5) is 0 Å². The molecule has 0 aromatic heterocycles. The number of hydrogen-bond acceptors (Lipinski definition) is 4. The zero-order chi connectivity index (χ0) is 13.6. The van der Waals surface area contributed by atoms with Crippen LogP contribution in [0.2, 0.25) is 0 Å². The highest BCUT2D eigenvalue weighted by molar-refractivity contribution is 7.70. The minimum Gasteiger partial charge on any atom is -0.320 e. The maximum Gasteiger partial charge on any atom is 0.256 e. The lowest BCUT2D eigenvalue weighted by molar-refractivity contribution is 0.118. The van der Waals surface area contributed by atoms with Gasteiger partial charge >= 0.3 is 0 Å². The number of nitrogens with one attached hydrogen (secondary N) is 1. The van der Waals surface area contributed by atoms with E-state index < -0.39 is 7.37 Å². The van der Waals surface area contributed by atoms with E-state index in [4.69, 9.17) is 9.36 Å². The van der Waals surface area contributed by atoms with Crippen LogP contribution in [0.5, 0.6) is 0 Å². The number of allylic oxidation sites excluding steroid dienone is 1. The van der Waals surface area contributed by atoms with E-state index in [1.807, 2.05) is 32.0 Å². The molecule has 0 saturated heterocycles. The minimum absolute atomic E-state index is 0.123. The number of rotatable bonds is 6. The van der Waals surface area contributed by atoms with E-state index in [0.29, 0.717) is 11.0 Å².